The fraction of sp³-hybridized carbons (Fsp3) is 0.556. The van der Waals surface area contributed by atoms with E-state index in [2.05, 4.69) is 46.7 Å². The molecule has 0 radical (unpaired) electrons. The largest absolute Gasteiger partial charge is 0.350 e. The number of hydrogen-bond acceptors (Lipinski definition) is 4. The molecule has 1 aromatic heterocycles. The standard InChI is InChI=1S/C18H25N5O/c1-3-23-16-7-5-4-6-14(16)15(21-23)9-20-17(24)18-11-19-8-13(18)10-22(2)12-18/h4-7,13,19H,3,8-12H2,1-2H3,(H,20,24). The average Bonchev–Trinajstić information content (AvgIpc) is 3.23. The monoisotopic (exact) mass is 327 g/mol. The lowest BCUT2D eigenvalue weighted by molar-refractivity contribution is -0.130. The Morgan fingerprint density at radius 1 is 1.46 bits per heavy atom. The molecule has 0 aliphatic carbocycles. The van der Waals surface area contributed by atoms with E-state index in [0.717, 1.165) is 49.3 Å². The molecule has 2 aliphatic rings. The van der Waals surface area contributed by atoms with Crippen LogP contribution in [0.2, 0.25) is 0 Å². The molecular formula is C18H25N5O. The van der Waals surface area contributed by atoms with Crippen LogP contribution >= 0.6 is 0 Å². The highest BCUT2D eigenvalue weighted by molar-refractivity contribution is 5.86. The van der Waals surface area contributed by atoms with Crippen LogP contribution in [0, 0.1) is 11.3 Å². The Morgan fingerprint density at radius 2 is 2.29 bits per heavy atom. The van der Waals surface area contributed by atoms with Crippen molar-refractivity contribution in [3.8, 4) is 0 Å². The Hall–Kier alpha value is -1.92. The Kier molecular flexibility index (Phi) is 3.81. The predicted molar refractivity (Wildman–Crippen MR) is 93.5 cm³/mol. The van der Waals surface area contributed by atoms with Crippen molar-refractivity contribution in [2.24, 2.45) is 11.3 Å². The number of nitrogens with one attached hydrogen (secondary N) is 2. The topological polar surface area (TPSA) is 62.2 Å². The van der Waals surface area contributed by atoms with Gasteiger partial charge < -0.3 is 15.5 Å². The predicted octanol–water partition coefficient (Wildman–Crippen LogP) is 0.824. The quantitative estimate of drug-likeness (QED) is 0.873. The van der Waals surface area contributed by atoms with Gasteiger partial charge >= 0.3 is 0 Å². The number of carbonyl (C=O) groups is 1. The summed E-state index contributed by atoms with van der Waals surface area (Å²) in [7, 11) is 2.10. The zero-order valence-corrected chi connectivity index (χ0v) is 14.4. The van der Waals surface area contributed by atoms with E-state index < -0.39 is 0 Å². The van der Waals surface area contributed by atoms with Crippen LogP contribution in [0.15, 0.2) is 24.3 Å². The summed E-state index contributed by atoms with van der Waals surface area (Å²) in [6, 6.07) is 8.22. The zero-order chi connectivity index (χ0) is 16.7. The lowest BCUT2D eigenvalue weighted by Gasteiger charge is -2.26. The van der Waals surface area contributed by atoms with Gasteiger partial charge in [-0.15, -0.1) is 0 Å². The molecule has 2 atom stereocenters. The van der Waals surface area contributed by atoms with Crippen molar-refractivity contribution in [2.75, 3.05) is 33.2 Å². The average molecular weight is 327 g/mol. The number of aryl methyl sites for hydroxylation is 1. The van der Waals surface area contributed by atoms with E-state index in [1.165, 1.54) is 0 Å². The number of nitrogens with zero attached hydrogens (tertiary/aromatic N) is 3. The van der Waals surface area contributed by atoms with Crippen LogP contribution in [0.5, 0.6) is 0 Å². The molecule has 1 amide bonds. The molecule has 0 bridgehead atoms. The second-order valence-corrected chi connectivity index (χ2v) is 7.14. The molecule has 6 nitrogen and oxygen atoms in total. The molecule has 2 aromatic rings. The molecular weight excluding hydrogens is 302 g/mol. The number of likely N-dealkylation sites (tertiary alicyclic amines) is 1. The highest BCUT2D eigenvalue weighted by Gasteiger charge is 2.53. The van der Waals surface area contributed by atoms with Crippen LogP contribution in [-0.4, -0.2) is 53.8 Å². The minimum Gasteiger partial charge on any atom is -0.350 e. The second kappa shape index (κ2) is 5.86. The molecule has 2 unspecified atom stereocenters. The van der Waals surface area contributed by atoms with Gasteiger partial charge in [0, 0.05) is 44.0 Å². The Bertz CT molecular complexity index is 770. The van der Waals surface area contributed by atoms with Crippen LogP contribution in [-0.2, 0) is 17.9 Å². The summed E-state index contributed by atoms with van der Waals surface area (Å²) in [4.78, 5) is 15.2. The van der Waals surface area contributed by atoms with Gasteiger partial charge in [-0.25, -0.2) is 0 Å². The number of benzene rings is 1. The highest BCUT2D eigenvalue weighted by Crippen LogP contribution is 2.38. The van der Waals surface area contributed by atoms with Crippen molar-refractivity contribution >= 4 is 16.8 Å². The van der Waals surface area contributed by atoms with Crippen molar-refractivity contribution < 1.29 is 4.79 Å². The summed E-state index contributed by atoms with van der Waals surface area (Å²) in [6.07, 6.45) is 0. The minimum absolute atomic E-state index is 0.164. The lowest BCUT2D eigenvalue weighted by atomic mass is 9.80. The van der Waals surface area contributed by atoms with Crippen molar-refractivity contribution in [1.82, 2.24) is 25.3 Å². The van der Waals surface area contributed by atoms with E-state index in [9.17, 15) is 4.79 Å². The number of aromatic nitrogens is 2. The number of hydrogen-bond donors (Lipinski definition) is 2. The molecule has 2 saturated heterocycles. The maximum Gasteiger partial charge on any atom is 0.229 e. The Morgan fingerprint density at radius 3 is 3.12 bits per heavy atom. The van der Waals surface area contributed by atoms with Crippen LogP contribution in [0.3, 0.4) is 0 Å². The zero-order valence-electron chi connectivity index (χ0n) is 14.4. The van der Waals surface area contributed by atoms with Gasteiger partial charge in [-0.05, 0) is 20.0 Å². The van der Waals surface area contributed by atoms with Crippen LogP contribution in [0.1, 0.15) is 12.6 Å². The van der Waals surface area contributed by atoms with Gasteiger partial charge in [0.1, 0.15) is 0 Å². The van der Waals surface area contributed by atoms with Crippen molar-refractivity contribution in [3.63, 3.8) is 0 Å². The molecule has 1 aromatic carbocycles. The summed E-state index contributed by atoms with van der Waals surface area (Å²) < 4.78 is 2.00. The Balaban J connectivity index is 1.54. The SMILES string of the molecule is CCn1nc(CNC(=O)C23CNCC2CN(C)C3)c2ccccc21. The molecule has 0 saturated carbocycles. The highest BCUT2D eigenvalue weighted by atomic mass is 16.2. The first kappa shape index (κ1) is 15.6. The van der Waals surface area contributed by atoms with Crippen molar-refractivity contribution in [3.05, 3.63) is 30.0 Å². The third kappa shape index (κ3) is 2.32. The molecule has 2 fully saturated rings. The fourth-order valence-electron chi connectivity index (χ4n) is 4.40. The van der Waals surface area contributed by atoms with E-state index >= 15 is 0 Å². The fourth-order valence-corrected chi connectivity index (χ4v) is 4.40. The summed E-state index contributed by atoms with van der Waals surface area (Å²) in [6.45, 7) is 6.95. The van der Waals surface area contributed by atoms with E-state index in [1.807, 2.05) is 16.8 Å². The van der Waals surface area contributed by atoms with Gasteiger partial charge in [0.15, 0.2) is 0 Å². The first-order valence-electron chi connectivity index (χ1n) is 8.76. The number of rotatable bonds is 4. The maximum atomic E-state index is 13.0. The van der Waals surface area contributed by atoms with Gasteiger partial charge in [-0.2, -0.15) is 5.10 Å². The van der Waals surface area contributed by atoms with Gasteiger partial charge in [0.2, 0.25) is 5.91 Å². The van der Waals surface area contributed by atoms with Crippen LogP contribution < -0.4 is 10.6 Å². The molecule has 6 heteroatoms. The summed E-state index contributed by atoms with van der Waals surface area (Å²) in [5, 5.41) is 12.4. The van der Waals surface area contributed by atoms with E-state index in [-0.39, 0.29) is 11.3 Å². The minimum atomic E-state index is -0.280. The first-order chi connectivity index (χ1) is 11.6. The maximum absolute atomic E-state index is 13.0. The number of para-hydroxylation sites is 1. The molecule has 2 N–H and O–H groups in total. The normalized spacial score (nSPS) is 26.8. The molecule has 4 rings (SSSR count). The molecule has 0 spiro atoms. The second-order valence-electron chi connectivity index (χ2n) is 7.14. The molecule has 3 heterocycles. The summed E-state index contributed by atoms with van der Waals surface area (Å²) >= 11 is 0. The van der Waals surface area contributed by atoms with Gasteiger partial charge in [-0.3, -0.25) is 9.48 Å². The number of amides is 1. The molecule has 24 heavy (non-hydrogen) atoms. The van der Waals surface area contributed by atoms with Gasteiger partial charge in [0.25, 0.3) is 0 Å². The van der Waals surface area contributed by atoms with Crippen molar-refractivity contribution in [2.45, 2.75) is 20.0 Å². The number of fused-ring (bicyclic) bond motifs is 2. The Labute approximate surface area is 142 Å². The summed E-state index contributed by atoms with van der Waals surface area (Å²) in [5.41, 5.74) is 1.80. The molecule has 2 aliphatic heterocycles. The van der Waals surface area contributed by atoms with Gasteiger partial charge in [0.05, 0.1) is 23.2 Å². The van der Waals surface area contributed by atoms with Gasteiger partial charge in [-0.1, -0.05) is 18.2 Å². The summed E-state index contributed by atoms with van der Waals surface area (Å²) in [5.74, 6) is 0.574. The number of carbonyl (C=O) groups excluding carboxylic acids is 1. The van der Waals surface area contributed by atoms with Crippen LogP contribution in [0.25, 0.3) is 10.9 Å². The lowest BCUT2D eigenvalue weighted by Crippen LogP contribution is -2.47. The molecule has 128 valence electrons. The van der Waals surface area contributed by atoms with E-state index in [4.69, 9.17) is 0 Å². The van der Waals surface area contributed by atoms with Crippen LogP contribution in [0.4, 0.5) is 0 Å². The van der Waals surface area contributed by atoms with E-state index in [0.29, 0.717) is 12.5 Å². The van der Waals surface area contributed by atoms with Crippen molar-refractivity contribution in [1.29, 1.82) is 0 Å². The first-order valence-corrected chi connectivity index (χ1v) is 8.76. The van der Waals surface area contributed by atoms with E-state index in [1.54, 1.807) is 0 Å². The smallest absolute Gasteiger partial charge is 0.229 e. The third-order valence-electron chi connectivity index (χ3n) is 5.60. The third-order valence-corrected chi connectivity index (χ3v) is 5.60.